The lowest BCUT2D eigenvalue weighted by molar-refractivity contribution is 0.556. The van der Waals surface area contributed by atoms with E-state index in [-0.39, 0.29) is 10.9 Å². The highest BCUT2D eigenvalue weighted by Crippen LogP contribution is 2.12. The van der Waals surface area contributed by atoms with E-state index in [1.807, 2.05) is 0 Å². The standard InChI is InChI=1S/C10H15N7O2S/c1-7(10-13-16-17-14-10)15-20(18,19)9-4-3-8(5-11-2)6-12-9/h3-4,6-7,11,15H,5H2,1-2H3,(H,13,14,16,17). The van der Waals surface area contributed by atoms with Crippen LogP contribution in [0.4, 0.5) is 0 Å². The Morgan fingerprint density at radius 2 is 2.20 bits per heavy atom. The molecule has 2 aromatic heterocycles. The first-order valence-corrected chi connectivity index (χ1v) is 7.36. The molecule has 1 unspecified atom stereocenters. The van der Waals surface area contributed by atoms with Crippen molar-refractivity contribution in [2.75, 3.05) is 7.05 Å². The predicted octanol–water partition coefficient (Wildman–Crippen LogP) is -0.646. The Balaban J connectivity index is 2.13. The van der Waals surface area contributed by atoms with Gasteiger partial charge in [-0.15, -0.1) is 10.2 Å². The second-order valence-corrected chi connectivity index (χ2v) is 5.81. The van der Waals surface area contributed by atoms with Gasteiger partial charge in [0, 0.05) is 12.7 Å². The van der Waals surface area contributed by atoms with E-state index >= 15 is 0 Å². The van der Waals surface area contributed by atoms with Crippen molar-refractivity contribution < 1.29 is 8.42 Å². The lowest BCUT2D eigenvalue weighted by Crippen LogP contribution is -2.28. The van der Waals surface area contributed by atoms with Crippen LogP contribution >= 0.6 is 0 Å². The van der Waals surface area contributed by atoms with Crippen molar-refractivity contribution in [1.82, 2.24) is 35.6 Å². The van der Waals surface area contributed by atoms with Crippen LogP contribution in [0, 0.1) is 0 Å². The zero-order valence-electron chi connectivity index (χ0n) is 11.0. The van der Waals surface area contributed by atoms with Gasteiger partial charge in [0.05, 0.1) is 6.04 Å². The van der Waals surface area contributed by atoms with Gasteiger partial charge in [0.15, 0.2) is 10.9 Å². The Kier molecular flexibility index (Phi) is 4.37. The minimum Gasteiger partial charge on any atom is -0.316 e. The van der Waals surface area contributed by atoms with Gasteiger partial charge in [0.25, 0.3) is 10.0 Å². The molecule has 20 heavy (non-hydrogen) atoms. The highest BCUT2D eigenvalue weighted by molar-refractivity contribution is 7.89. The third kappa shape index (κ3) is 3.35. The van der Waals surface area contributed by atoms with Crippen molar-refractivity contribution in [2.45, 2.75) is 24.5 Å². The van der Waals surface area contributed by atoms with E-state index in [9.17, 15) is 8.42 Å². The van der Waals surface area contributed by atoms with Crippen LogP contribution in [-0.4, -0.2) is 41.1 Å². The molecule has 0 aliphatic rings. The molecular weight excluding hydrogens is 282 g/mol. The second kappa shape index (κ2) is 6.03. The van der Waals surface area contributed by atoms with E-state index < -0.39 is 16.1 Å². The summed E-state index contributed by atoms with van der Waals surface area (Å²) in [4.78, 5) is 3.95. The lowest BCUT2D eigenvalue weighted by atomic mass is 10.3. The van der Waals surface area contributed by atoms with Crippen molar-refractivity contribution in [3.05, 3.63) is 29.7 Å². The number of tetrazole rings is 1. The number of aromatic nitrogens is 5. The fourth-order valence-electron chi connectivity index (χ4n) is 1.58. The van der Waals surface area contributed by atoms with Crippen LogP contribution in [0.25, 0.3) is 0 Å². The molecule has 9 nitrogen and oxygen atoms in total. The van der Waals surface area contributed by atoms with Crippen LogP contribution in [0.3, 0.4) is 0 Å². The van der Waals surface area contributed by atoms with Crippen LogP contribution < -0.4 is 10.0 Å². The molecular formula is C10H15N7O2S. The Labute approximate surface area is 116 Å². The van der Waals surface area contributed by atoms with E-state index in [1.54, 1.807) is 20.0 Å². The van der Waals surface area contributed by atoms with Crippen molar-refractivity contribution in [3.8, 4) is 0 Å². The Morgan fingerprint density at radius 1 is 1.40 bits per heavy atom. The maximum Gasteiger partial charge on any atom is 0.258 e. The summed E-state index contributed by atoms with van der Waals surface area (Å²) in [5.41, 5.74) is 0.901. The Morgan fingerprint density at radius 3 is 2.75 bits per heavy atom. The first kappa shape index (κ1) is 14.5. The van der Waals surface area contributed by atoms with Crippen molar-refractivity contribution >= 4 is 10.0 Å². The van der Waals surface area contributed by atoms with Gasteiger partial charge in [-0.2, -0.15) is 9.94 Å². The minimum absolute atomic E-state index is 0.0484. The Hall–Kier alpha value is -1.91. The van der Waals surface area contributed by atoms with Gasteiger partial charge in [0.1, 0.15) is 0 Å². The second-order valence-electron chi connectivity index (χ2n) is 4.15. The van der Waals surface area contributed by atoms with Gasteiger partial charge in [-0.05, 0) is 25.6 Å². The average molecular weight is 297 g/mol. The van der Waals surface area contributed by atoms with E-state index in [1.165, 1.54) is 12.3 Å². The summed E-state index contributed by atoms with van der Waals surface area (Å²) >= 11 is 0. The number of hydrogen-bond acceptors (Lipinski definition) is 7. The zero-order chi connectivity index (χ0) is 14.6. The number of rotatable bonds is 6. The molecule has 0 spiro atoms. The first-order valence-electron chi connectivity index (χ1n) is 5.88. The predicted molar refractivity (Wildman–Crippen MR) is 69.9 cm³/mol. The maximum absolute atomic E-state index is 12.1. The highest BCUT2D eigenvalue weighted by Gasteiger charge is 2.21. The van der Waals surface area contributed by atoms with Crippen LogP contribution in [0.5, 0.6) is 0 Å². The van der Waals surface area contributed by atoms with Crippen molar-refractivity contribution in [1.29, 1.82) is 0 Å². The summed E-state index contributed by atoms with van der Waals surface area (Å²) in [6.07, 6.45) is 1.52. The van der Waals surface area contributed by atoms with Crippen LogP contribution in [0.15, 0.2) is 23.4 Å². The quantitative estimate of drug-likeness (QED) is 0.647. The molecule has 108 valence electrons. The first-order chi connectivity index (χ1) is 9.53. The summed E-state index contributed by atoms with van der Waals surface area (Å²) < 4.78 is 26.7. The third-order valence-corrected chi connectivity index (χ3v) is 3.99. The SMILES string of the molecule is CNCc1ccc(S(=O)(=O)NC(C)c2nn[nH]n2)nc1. The lowest BCUT2D eigenvalue weighted by Gasteiger charge is -2.10. The number of nitrogens with one attached hydrogen (secondary N) is 3. The molecule has 0 radical (unpaired) electrons. The average Bonchev–Trinajstić information content (AvgIpc) is 2.93. The molecule has 0 saturated carbocycles. The van der Waals surface area contributed by atoms with E-state index in [0.29, 0.717) is 6.54 Å². The van der Waals surface area contributed by atoms with Gasteiger partial charge in [-0.3, -0.25) is 0 Å². The number of pyridine rings is 1. The van der Waals surface area contributed by atoms with Crippen molar-refractivity contribution in [2.24, 2.45) is 0 Å². The van der Waals surface area contributed by atoms with Gasteiger partial charge in [-0.25, -0.2) is 13.4 Å². The molecule has 10 heteroatoms. The smallest absolute Gasteiger partial charge is 0.258 e. The molecule has 0 saturated heterocycles. The number of H-pyrrole nitrogens is 1. The van der Waals surface area contributed by atoms with Gasteiger partial charge in [0.2, 0.25) is 0 Å². The fourth-order valence-corrected chi connectivity index (χ4v) is 2.71. The number of sulfonamides is 1. The monoisotopic (exact) mass is 297 g/mol. The summed E-state index contributed by atoms with van der Waals surface area (Å²) in [6, 6.07) is 2.56. The minimum atomic E-state index is -3.72. The largest absolute Gasteiger partial charge is 0.316 e. The molecule has 3 N–H and O–H groups in total. The van der Waals surface area contributed by atoms with E-state index in [4.69, 9.17) is 0 Å². The summed E-state index contributed by atoms with van der Waals surface area (Å²) in [5, 5.41) is 16.0. The molecule has 0 aliphatic heterocycles. The number of hydrogen-bond donors (Lipinski definition) is 3. The molecule has 0 amide bonds. The molecule has 2 rings (SSSR count). The van der Waals surface area contributed by atoms with Crippen LogP contribution in [-0.2, 0) is 16.6 Å². The van der Waals surface area contributed by atoms with Gasteiger partial charge in [-0.1, -0.05) is 11.3 Å². The van der Waals surface area contributed by atoms with Gasteiger partial charge < -0.3 is 5.32 Å². The van der Waals surface area contributed by atoms with Crippen LogP contribution in [0.1, 0.15) is 24.4 Å². The summed E-state index contributed by atoms with van der Waals surface area (Å²) in [5.74, 6) is 0.264. The molecule has 2 heterocycles. The molecule has 0 aliphatic carbocycles. The number of nitrogens with zero attached hydrogens (tertiary/aromatic N) is 4. The summed E-state index contributed by atoms with van der Waals surface area (Å²) in [6.45, 7) is 2.25. The molecule has 1 atom stereocenters. The van der Waals surface area contributed by atoms with E-state index in [0.717, 1.165) is 5.56 Å². The van der Waals surface area contributed by atoms with E-state index in [2.05, 4.69) is 35.6 Å². The molecule has 2 aromatic rings. The third-order valence-electron chi connectivity index (χ3n) is 2.53. The Bertz CT molecular complexity index is 639. The summed E-state index contributed by atoms with van der Waals surface area (Å²) in [7, 11) is -1.92. The molecule has 0 aromatic carbocycles. The number of aromatic amines is 1. The van der Waals surface area contributed by atoms with Crippen molar-refractivity contribution in [3.63, 3.8) is 0 Å². The fraction of sp³-hybridized carbons (Fsp3) is 0.400. The molecule has 0 fully saturated rings. The van der Waals surface area contributed by atoms with Crippen LogP contribution in [0.2, 0.25) is 0 Å². The highest BCUT2D eigenvalue weighted by atomic mass is 32.2. The normalized spacial score (nSPS) is 13.3. The molecule has 0 bridgehead atoms. The topological polar surface area (TPSA) is 126 Å². The zero-order valence-corrected chi connectivity index (χ0v) is 11.8. The maximum atomic E-state index is 12.1. The van der Waals surface area contributed by atoms with Gasteiger partial charge >= 0.3 is 0 Å².